The molecule has 1 aliphatic heterocycles. The van der Waals surface area contributed by atoms with E-state index in [4.69, 9.17) is 16.6 Å². The molecule has 22 heavy (non-hydrogen) atoms. The van der Waals surface area contributed by atoms with Crippen molar-refractivity contribution in [3.05, 3.63) is 70.4 Å². The molecule has 5 nitrogen and oxygen atoms in total. The van der Waals surface area contributed by atoms with Crippen LogP contribution in [0.5, 0.6) is 0 Å². The van der Waals surface area contributed by atoms with Crippen LogP contribution in [0, 0.1) is 0 Å². The van der Waals surface area contributed by atoms with Gasteiger partial charge in [-0.2, -0.15) is 0 Å². The van der Waals surface area contributed by atoms with E-state index >= 15 is 0 Å². The molecule has 5 N–H and O–H groups in total. The van der Waals surface area contributed by atoms with Gasteiger partial charge in [-0.05, 0) is 18.2 Å². The third-order valence-corrected chi connectivity index (χ3v) is 4.23. The molecule has 1 heterocycles. The molecule has 6 heteroatoms. The van der Waals surface area contributed by atoms with Crippen molar-refractivity contribution < 1.29 is 9.90 Å². The van der Waals surface area contributed by atoms with Crippen LogP contribution in [0.2, 0.25) is 0 Å². The third kappa shape index (κ3) is 2.56. The van der Waals surface area contributed by atoms with Crippen LogP contribution in [0.3, 0.4) is 0 Å². The highest BCUT2D eigenvalue weighted by molar-refractivity contribution is 8.03. The van der Waals surface area contributed by atoms with Crippen LogP contribution in [0.25, 0.3) is 0 Å². The number of carbonyl (C=O) groups is 1. The van der Waals surface area contributed by atoms with Crippen LogP contribution in [-0.4, -0.2) is 16.8 Å². The quantitative estimate of drug-likeness (QED) is 0.791. The summed E-state index contributed by atoms with van der Waals surface area (Å²) in [4.78, 5) is 16.5. The van der Waals surface area contributed by atoms with E-state index in [1.54, 1.807) is 6.07 Å². The van der Waals surface area contributed by atoms with Crippen LogP contribution < -0.4 is 11.5 Å². The molecular weight excluding hydrogens is 298 g/mol. The topological polar surface area (TPSA) is 102 Å². The van der Waals surface area contributed by atoms with E-state index in [-0.39, 0.29) is 5.56 Å². The molecule has 0 spiro atoms. The fourth-order valence-electron chi connectivity index (χ4n) is 2.11. The maximum Gasteiger partial charge on any atom is 0.335 e. The summed E-state index contributed by atoms with van der Waals surface area (Å²) in [5.74, 6) is -0.998. The lowest BCUT2D eigenvalue weighted by atomic mass is 10.1. The van der Waals surface area contributed by atoms with Gasteiger partial charge in [0.15, 0.2) is 0 Å². The number of aliphatic imine (C=N–C) groups is 1. The van der Waals surface area contributed by atoms with Crippen molar-refractivity contribution in [3.8, 4) is 0 Å². The van der Waals surface area contributed by atoms with E-state index in [2.05, 4.69) is 4.99 Å². The van der Waals surface area contributed by atoms with Crippen molar-refractivity contribution in [1.29, 1.82) is 0 Å². The maximum absolute atomic E-state index is 11.1. The predicted octanol–water partition coefficient (Wildman–Crippen LogP) is 2.70. The summed E-state index contributed by atoms with van der Waals surface area (Å²) >= 11 is 1.28. The number of nitrogens with two attached hydrogens (primary N) is 2. The summed E-state index contributed by atoms with van der Waals surface area (Å²) < 4.78 is 0. The molecule has 0 aliphatic carbocycles. The number of aromatic carboxylic acids is 1. The largest absolute Gasteiger partial charge is 0.478 e. The van der Waals surface area contributed by atoms with E-state index in [9.17, 15) is 4.79 Å². The number of carboxylic acids is 1. The van der Waals surface area contributed by atoms with Gasteiger partial charge in [0.2, 0.25) is 0 Å². The molecule has 0 saturated carbocycles. The first-order valence-corrected chi connectivity index (χ1v) is 7.33. The van der Waals surface area contributed by atoms with Gasteiger partial charge in [-0.15, -0.1) is 0 Å². The van der Waals surface area contributed by atoms with Crippen molar-refractivity contribution >= 4 is 29.1 Å². The molecule has 0 radical (unpaired) electrons. The highest BCUT2D eigenvalue weighted by Gasteiger charge is 2.19. The minimum absolute atomic E-state index is 0.176. The molecule has 0 atom stereocenters. The van der Waals surface area contributed by atoms with Crippen molar-refractivity contribution in [3.63, 3.8) is 0 Å². The molecule has 0 bridgehead atoms. The van der Waals surface area contributed by atoms with Gasteiger partial charge in [0.1, 0.15) is 0 Å². The molecule has 2 aromatic carbocycles. The zero-order valence-electron chi connectivity index (χ0n) is 11.5. The van der Waals surface area contributed by atoms with Crippen molar-refractivity contribution in [2.75, 3.05) is 0 Å². The Morgan fingerprint density at radius 3 is 2.50 bits per heavy atom. The number of fused-ring (bicyclic) bond motifs is 1. The van der Waals surface area contributed by atoms with E-state index in [1.165, 1.54) is 23.9 Å². The van der Waals surface area contributed by atoms with Gasteiger partial charge in [0, 0.05) is 10.5 Å². The molecular formula is C16H13N3O2S. The molecule has 0 amide bonds. The first kappa shape index (κ1) is 14.2. The van der Waals surface area contributed by atoms with E-state index in [0.717, 1.165) is 10.5 Å². The zero-order valence-corrected chi connectivity index (χ0v) is 12.3. The molecule has 3 rings (SSSR count). The molecule has 0 aromatic heterocycles. The van der Waals surface area contributed by atoms with E-state index in [0.29, 0.717) is 22.1 Å². The van der Waals surface area contributed by atoms with Crippen molar-refractivity contribution in [2.45, 2.75) is 4.90 Å². The first-order chi connectivity index (χ1) is 10.6. The Balaban J connectivity index is 2.21. The lowest BCUT2D eigenvalue weighted by molar-refractivity contribution is 0.0697. The summed E-state index contributed by atoms with van der Waals surface area (Å²) in [5.41, 5.74) is 14.7. The van der Waals surface area contributed by atoms with E-state index in [1.807, 2.05) is 30.3 Å². The van der Waals surface area contributed by atoms with Gasteiger partial charge in [0.25, 0.3) is 0 Å². The normalized spacial score (nSPS) is 14.1. The number of rotatable bonds is 2. The highest BCUT2D eigenvalue weighted by Crippen LogP contribution is 2.37. The molecule has 0 unspecified atom stereocenters. The van der Waals surface area contributed by atoms with Crippen LogP contribution in [-0.2, 0) is 0 Å². The molecule has 0 saturated heterocycles. The number of thioether (sulfide) groups is 1. The van der Waals surface area contributed by atoms with Crippen molar-refractivity contribution in [2.24, 2.45) is 16.5 Å². The summed E-state index contributed by atoms with van der Waals surface area (Å²) in [6, 6.07) is 14.2. The van der Waals surface area contributed by atoms with Gasteiger partial charge >= 0.3 is 5.97 Å². The van der Waals surface area contributed by atoms with Gasteiger partial charge in [0.05, 0.1) is 27.7 Å². The minimum atomic E-state index is -0.998. The number of benzene rings is 2. The fourth-order valence-corrected chi connectivity index (χ4v) is 2.90. The summed E-state index contributed by atoms with van der Waals surface area (Å²) in [6.45, 7) is 0. The summed E-state index contributed by atoms with van der Waals surface area (Å²) in [5, 5.41) is 9.58. The number of hydrogen-bond donors (Lipinski definition) is 3. The molecule has 0 fully saturated rings. The number of nitrogens with zero attached hydrogens (tertiary/aromatic N) is 1. The average Bonchev–Trinajstić information content (AvgIpc) is 2.65. The van der Waals surface area contributed by atoms with E-state index < -0.39 is 5.97 Å². The Bertz CT molecular complexity index is 813. The molecule has 110 valence electrons. The third-order valence-electron chi connectivity index (χ3n) is 3.23. The fraction of sp³-hybridized carbons (Fsp3) is 0. The summed E-state index contributed by atoms with van der Waals surface area (Å²) in [6.07, 6.45) is 0. The SMILES string of the molecule is NC1=C(N)C(c2ccccc2)=Nc2cc(C(=O)O)ccc2S1. The van der Waals surface area contributed by atoms with Gasteiger partial charge in [-0.3, -0.25) is 0 Å². The minimum Gasteiger partial charge on any atom is -0.478 e. The second-order valence-electron chi connectivity index (χ2n) is 4.69. The van der Waals surface area contributed by atoms with Crippen LogP contribution in [0.4, 0.5) is 5.69 Å². The van der Waals surface area contributed by atoms with Gasteiger partial charge in [-0.1, -0.05) is 42.1 Å². The Morgan fingerprint density at radius 2 is 1.82 bits per heavy atom. The maximum atomic E-state index is 11.1. The Kier molecular flexibility index (Phi) is 3.60. The van der Waals surface area contributed by atoms with Crippen LogP contribution >= 0.6 is 11.8 Å². The smallest absolute Gasteiger partial charge is 0.335 e. The lowest BCUT2D eigenvalue weighted by Gasteiger charge is -2.07. The second kappa shape index (κ2) is 5.57. The van der Waals surface area contributed by atoms with Crippen LogP contribution in [0.15, 0.2) is 69.1 Å². The first-order valence-electron chi connectivity index (χ1n) is 6.51. The average molecular weight is 311 g/mol. The zero-order chi connectivity index (χ0) is 15.7. The standard InChI is InChI=1S/C16H13N3O2S/c17-13-14(9-4-2-1-3-5-9)19-11-8-10(16(20)21)6-7-12(11)22-15(13)18/h1-8H,17-18H2,(H,20,21). The van der Waals surface area contributed by atoms with Crippen LogP contribution in [0.1, 0.15) is 15.9 Å². The predicted molar refractivity (Wildman–Crippen MR) is 87.3 cm³/mol. The second-order valence-corrected chi connectivity index (χ2v) is 5.78. The van der Waals surface area contributed by atoms with Gasteiger partial charge in [-0.25, -0.2) is 9.79 Å². The molecule has 2 aromatic rings. The number of allylic oxidation sites excluding steroid dienone is 1. The molecule has 1 aliphatic rings. The monoisotopic (exact) mass is 311 g/mol. The number of carboxylic acid groups (broad SMARTS) is 1. The van der Waals surface area contributed by atoms with Gasteiger partial charge < -0.3 is 16.6 Å². The lowest BCUT2D eigenvalue weighted by Crippen LogP contribution is -2.17. The Morgan fingerprint density at radius 1 is 1.09 bits per heavy atom. The Hall–Kier alpha value is -2.73. The van der Waals surface area contributed by atoms with Crippen molar-refractivity contribution in [1.82, 2.24) is 0 Å². The summed E-state index contributed by atoms with van der Waals surface area (Å²) in [7, 11) is 0. The Labute approximate surface area is 131 Å². The number of hydrogen-bond acceptors (Lipinski definition) is 5. The highest BCUT2D eigenvalue weighted by atomic mass is 32.2.